The molecule has 1 N–H and O–H groups in total. The Balaban J connectivity index is 2.04. The van der Waals surface area contributed by atoms with Crippen molar-refractivity contribution in [2.75, 3.05) is 37.7 Å². The van der Waals surface area contributed by atoms with Crippen molar-refractivity contribution in [3.05, 3.63) is 23.8 Å². The molecule has 0 spiro atoms. The van der Waals surface area contributed by atoms with E-state index in [9.17, 15) is 13.2 Å². The molecule has 1 aliphatic heterocycles. The highest BCUT2D eigenvalue weighted by Gasteiger charge is 2.28. The highest BCUT2D eigenvalue weighted by molar-refractivity contribution is 5.56. The Morgan fingerprint density at radius 2 is 1.95 bits per heavy atom. The molecule has 0 atom stereocenters. The molecule has 0 saturated carbocycles. The van der Waals surface area contributed by atoms with Crippen LogP contribution in [0.2, 0.25) is 0 Å². The van der Waals surface area contributed by atoms with Gasteiger partial charge in [-0.2, -0.15) is 13.2 Å². The fourth-order valence-corrected chi connectivity index (χ4v) is 2.14. The lowest BCUT2D eigenvalue weighted by molar-refractivity contribution is -0.153. The first-order valence-electron chi connectivity index (χ1n) is 6.21. The molecule has 1 aromatic carbocycles. The summed E-state index contributed by atoms with van der Waals surface area (Å²) in [5.74, 6) is 0.258. The highest BCUT2D eigenvalue weighted by atomic mass is 19.4. The van der Waals surface area contributed by atoms with Crippen molar-refractivity contribution in [2.24, 2.45) is 0 Å². The van der Waals surface area contributed by atoms with Gasteiger partial charge in [-0.05, 0) is 30.7 Å². The number of halogens is 3. The van der Waals surface area contributed by atoms with E-state index in [1.165, 1.54) is 0 Å². The maximum absolute atomic E-state index is 12.1. The normalized spacial score (nSPS) is 16.5. The van der Waals surface area contributed by atoms with Crippen molar-refractivity contribution >= 4 is 5.69 Å². The second kappa shape index (κ2) is 5.69. The van der Waals surface area contributed by atoms with Crippen LogP contribution < -0.4 is 15.0 Å². The number of piperazine rings is 1. The lowest BCUT2D eigenvalue weighted by atomic mass is 10.1. The van der Waals surface area contributed by atoms with Crippen LogP contribution in [0.3, 0.4) is 0 Å². The van der Waals surface area contributed by atoms with E-state index in [4.69, 9.17) is 4.74 Å². The summed E-state index contributed by atoms with van der Waals surface area (Å²) in [6.45, 7) is 4.29. The molecule has 0 radical (unpaired) electrons. The fourth-order valence-electron chi connectivity index (χ4n) is 2.14. The van der Waals surface area contributed by atoms with Gasteiger partial charge in [-0.25, -0.2) is 0 Å². The summed E-state index contributed by atoms with van der Waals surface area (Å²) in [5.41, 5.74) is 1.99. The van der Waals surface area contributed by atoms with Crippen LogP contribution in [-0.2, 0) is 0 Å². The van der Waals surface area contributed by atoms with E-state index >= 15 is 0 Å². The zero-order chi connectivity index (χ0) is 13.9. The molecule has 1 aromatic rings. The Bertz CT molecular complexity index is 428. The molecule has 1 saturated heterocycles. The van der Waals surface area contributed by atoms with E-state index in [0.29, 0.717) is 0 Å². The van der Waals surface area contributed by atoms with E-state index in [2.05, 4.69) is 10.2 Å². The summed E-state index contributed by atoms with van der Waals surface area (Å²) in [5, 5.41) is 3.26. The quantitative estimate of drug-likeness (QED) is 0.915. The predicted octanol–water partition coefficient (Wildman–Crippen LogP) is 2.35. The molecule has 106 valence electrons. The molecule has 0 amide bonds. The number of alkyl halides is 3. The average molecular weight is 274 g/mol. The van der Waals surface area contributed by atoms with Gasteiger partial charge in [0.05, 0.1) is 0 Å². The van der Waals surface area contributed by atoms with Crippen molar-refractivity contribution in [3.63, 3.8) is 0 Å². The molecule has 1 fully saturated rings. The van der Waals surface area contributed by atoms with Gasteiger partial charge in [-0.15, -0.1) is 0 Å². The zero-order valence-corrected chi connectivity index (χ0v) is 10.8. The van der Waals surface area contributed by atoms with E-state index in [1.807, 2.05) is 13.0 Å². The first-order chi connectivity index (χ1) is 8.96. The maximum Gasteiger partial charge on any atom is 0.422 e. The largest absolute Gasteiger partial charge is 0.484 e. The summed E-state index contributed by atoms with van der Waals surface area (Å²) >= 11 is 0. The van der Waals surface area contributed by atoms with E-state index in [-0.39, 0.29) is 5.75 Å². The second-order valence-electron chi connectivity index (χ2n) is 4.59. The van der Waals surface area contributed by atoms with E-state index < -0.39 is 12.8 Å². The van der Waals surface area contributed by atoms with Gasteiger partial charge in [-0.3, -0.25) is 0 Å². The lowest BCUT2D eigenvalue weighted by Crippen LogP contribution is -2.43. The number of rotatable bonds is 3. The Morgan fingerprint density at radius 1 is 1.26 bits per heavy atom. The molecule has 6 heteroatoms. The van der Waals surface area contributed by atoms with E-state index in [0.717, 1.165) is 37.4 Å². The minimum atomic E-state index is -4.30. The van der Waals surface area contributed by atoms with Gasteiger partial charge in [0, 0.05) is 31.9 Å². The van der Waals surface area contributed by atoms with Gasteiger partial charge in [0.2, 0.25) is 0 Å². The summed E-state index contributed by atoms with van der Waals surface area (Å²) in [6.07, 6.45) is -4.30. The Labute approximate surface area is 110 Å². The summed E-state index contributed by atoms with van der Waals surface area (Å²) in [7, 11) is 0. The van der Waals surface area contributed by atoms with Crippen molar-refractivity contribution in [2.45, 2.75) is 13.1 Å². The zero-order valence-electron chi connectivity index (χ0n) is 10.8. The standard InChI is InChI=1S/C13H17F3N2O/c1-10-8-11(19-9-13(14,15)16)2-3-12(10)18-6-4-17-5-7-18/h2-3,8,17H,4-7,9H2,1H3. The minimum Gasteiger partial charge on any atom is -0.484 e. The highest BCUT2D eigenvalue weighted by Crippen LogP contribution is 2.26. The minimum absolute atomic E-state index is 0.258. The molecular formula is C13H17F3N2O. The van der Waals surface area contributed by atoms with Crippen LogP contribution in [0.5, 0.6) is 5.75 Å². The van der Waals surface area contributed by atoms with Gasteiger partial charge < -0.3 is 15.0 Å². The molecule has 1 aliphatic rings. The van der Waals surface area contributed by atoms with Crippen LogP contribution in [0, 0.1) is 6.92 Å². The van der Waals surface area contributed by atoms with Gasteiger partial charge in [0.1, 0.15) is 5.75 Å². The third-order valence-corrected chi connectivity index (χ3v) is 3.03. The summed E-state index contributed by atoms with van der Waals surface area (Å²) in [6, 6.07) is 5.07. The van der Waals surface area contributed by atoms with Crippen molar-refractivity contribution in [1.82, 2.24) is 5.32 Å². The molecule has 0 aromatic heterocycles. The molecule has 19 heavy (non-hydrogen) atoms. The Hall–Kier alpha value is -1.43. The Morgan fingerprint density at radius 3 is 2.53 bits per heavy atom. The predicted molar refractivity (Wildman–Crippen MR) is 67.8 cm³/mol. The SMILES string of the molecule is Cc1cc(OCC(F)(F)F)ccc1N1CCNCC1. The first-order valence-corrected chi connectivity index (χ1v) is 6.21. The third-order valence-electron chi connectivity index (χ3n) is 3.03. The topological polar surface area (TPSA) is 24.5 Å². The first kappa shape index (κ1) is 14.0. The van der Waals surface area contributed by atoms with Crippen molar-refractivity contribution < 1.29 is 17.9 Å². The van der Waals surface area contributed by atoms with Crippen LogP contribution in [-0.4, -0.2) is 39.0 Å². The molecule has 0 bridgehead atoms. The number of nitrogens with one attached hydrogen (secondary N) is 1. The van der Waals surface area contributed by atoms with Gasteiger partial charge >= 0.3 is 6.18 Å². The lowest BCUT2D eigenvalue weighted by Gasteiger charge is -2.30. The molecular weight excluding hydrogens is 257 g/mol. The van der Waals surface area contributed by atoms with Crippen LogP contribution in [0.4, 0.5) is 18.9 Å². The van der Waals surface area contributed by atoms with Crippen LogP contribution in [0.1, 0.15) is 5.56 Å². The van der Waals surface area contributed by atoms with Gasteiger partial charge in [0.25, 0.3) is 0 Å². The number of benzene rings is 1. The van der Waals surface area contributed by atoms with Crippen LogP contribution in [0.25, 0.3) is 0 Å². The number of ether oxygens (including phenoxy) is 1. The molecule has 1 heterocycles. The second-order valence-corrected chi connectivity index (χ2v) is 4.59. The monoisotopic (exact) mass is 274 g/mol. The average Bonchev–Trinajstić information content (AvgIpc) is 2.37. The summed E-state index contributed by atoms with van der Waals surface area (Å²) in [4.78, 5) is 2.22. The van der Waals surface area contributed by atoms with Crippen LogP contribution >= 0.6 is 0 Å². The Kier molecular flexibility index (Phi) is 4.19. The fraction of sp³-hybridized carbons (Fsp3) is 0.538. The molecule has 0 unspecified atom stereocenters. The van der Waals surface area contributed by atoms with Crippen molar-refractivity contribution in [3.8, 4) is 5.75 Å². The molecule has 2 rings (SSSR count). The number of anilines is 1. The van der Waals surface area contributed by atoms with E-state index in [1.54, 1.807) is 12.1 Å². The number of hydrogen-bond donors (Lipinski definition) is 1. The van der Waals surface area contributed by atoms with Crippen molar-refractivity contribution in [1.29, 1.82) is 0 Å². The smallest absolute Gasteiger partial charge is 0.422 e. The number of aryl methyl sites for hydroxylation is 1. The molecule has 3 nitrogen and oxygen atoms in total. The maximum atomic E-state index is 12.1. The van der Waals surface area contributed by atoms with Crippen LogP contribution in [0.15, 0.2) is 18.2 Å². The number of hydrogen-bond acceptors (Lipinski definition) is 3. The number of nitrogens with zero attached hydrogens (tertiary/aromatic N) is 1. The third kappa shape index (κ3) is 4.02. The summed E-state index contributed by atoms with van der Waals surface area (Å²) < 4.78 is 41.0. The van der Waals surface area contributed by atoms with Gasteiger partial charge in [0.15, 0.2) is 6.61 Å². The van der Waals surface area contributed by atoms with Gasteiger partial charge in [-0.1, -0.05) is 0 Å². The molecule has 0 aliphatic carbocycles.